The van der Waals surface area contributed by atoms with Gasteiger partial charge in [-0.3, -0.25) is 24.0 Å². The quantitative estimate of drug-likeness (QED) is 0.252. The van der Waals surface area contributed by atoms with Crippen LogP contribution in [0.4, 0.5) is 0 Å². The van der Waals surface area contributed by atoms with Gasteiger partial charge in [-0.05, 0) is 41.7 Å². The minimum atomic E-state index is -1.18. The standard InChI is InChI=1S/C36H51N5O6/c1-22(2)17-27-32(42)38-28(18-23(3)4)34(44)41-31(24(5)6)36(46)40-30(21-47-20-26-15-11-8-12-16-26)35(45)39-29(33(43)37-27)19-25-13-9-7-10-14-25/h7-16,22-24,27-31H,17-21H2,1-6H3,(H,37,43)(H,38,42)(H,39,45)(H,40,46)(H,41,44)/t27-,28-,29-,30+,31-/m0/s1. The van der Waals surface area contributed by atoms with Gasteiger partial charge in [-0.25, -0.2) is 0 Å². The van der Waals surface area contributed by atoms with E-state index in [0.29, 0.717) is 12.8 Å². The van der Waals surface area contributed by atoms with E-state index in [1.54, 1.807) is 13.8 Å². The largest absolute Gasteiger partial charge is 0.374 e. The molecule has 1 saturated heterocycles. The van der Waals surface area contributed by atoms with Crippen molar-refractivity contribution in [3.05, 3.63) is 71.8 Å². The third-order valence-electron chi connectivity index (χ3n) is 7.87. The third-order valence-corrected chi connectivity index (χ3v) is 7.87. The van der Waals surface area contributed by atoms with E-state index < -0.39 is 59.7 Å². The minimum absolute atomic E-state index is 0.0333. The molecule has 0 aromatic heterocycles. The molecule has 3 rings (SSSR count). The molecule has 0 bridgehead atoms. The molecule has 0 unspecified atom stereocenters. The number of amides is 5. The second-order valence-corrected chi connectivity index (χ2v) is 13.4. The number of benzene rings is 2. The highest BCUT2D eigenvalue weighted by molar-refractivity contribution is 5.98. The van der Waals surface area contributed by atoms with Crippen LogP contribution in [0.2, 0.25) is 0 Å². The third kappa shape index (κ3) is 12.1. The first-order valence-corrected chi connectivity index (χ1v) is 16.5. The summed E-state index contributed by atoms with van der Waals surface area (Å²) >= 11 is 0. The molecule has 1 fully saturated rings. The summed E-state index contributed by atoms with van der Waals surface area (Å²) in [5, 5.41) is 14.1. The van der Waals surface area contributed by atoms with Gasteiger partial charge in [0.2, 0.25) is 29.5 Å². The van der Waals surface area contributed by atoms with Gasteiger partial charge in [-0.15, -0.1) is 0 Å². The molecular weight excluding hydrogens is 598 g/mol. The van der Waals surface area contributed by atoms with Crippen LogP contribution < -0.4 is 26.6 Å². The summed E-state index contributed by atoms with van der Waals surface area (Å²) in [4.78, 5) is 68.7. The number of carbonyl (C=O) groups is 5. The van der Waals surface area contributed by atoms with Crippen LogP contribution in [0.15, 0.2) is 60.7 Å². The smallest absolute Gasteiger partial charge is 0.245 e. The molecule has 11 heteroatoms. The zero-order valence-electron chi connectivity index (χ0n) is 28.4. The number of carbonyl (C=O) groups excluding carboxylic acids is 5. The lowest BCUT2D eigenvalue weighted by molar-refractivity contribution is -0.135. The first kappa shape index (κ1) is 37.2. The van der Waals surface area contributed by atoms with Crippen molar-refractivity contribution in [3.8, 4) is 0 Å². The van der Waals surface area contributed by atoms with E-state index in [1.807, 2.05) is 88.4 Å². The van der Waals surface area contributed by atoms with Crippen molar-refractivity contribution < 1.29 is 28.7 Å². The van der Waals surface area contributed by atoms with Gasteiger partial charge >= 0.3 is 0 Å². The van der Waals surface area contributed by atoms with E-state index in [1.165, 1.54) is 0 Å². The SMILES string of the molecule is CC(C)C[C@@H]1NC(=O)[C@H](Cc2ccccc2)NC(=O)[C@@H](COCc2ccccc2)NC(=O)[C@H](C(C)C)NC(=O)[C@H](CC(C)C)NC1=O. The molecule has 1 heterocycles. The average Bonchev–Trinajstić information content (AvgIpc) is 3.01. The molecule has 0 spiro atoms. The van der Waals surface area contributed by atoms with Gasteiger partial charge in [-0.2, -0.15) is 0 Å². The molecule has 5 N–H and O–H groups in total. The van der Waals surface area contributed by atoms with Crippen LogP contribution in [0.5, 0.6) is 0 Å². The Hall–Kier alpha value is -4.25. The highest BCUT2D eigenvalue weighted by Crippen LogP contribution is 2.13. The second-order valence-electron chi connectivity index (χ2n) is 13.4. The van der Waals surface area contributed by atoms with Crippen LogP contribution in [-0.4, -0.2) is 66.4 Å². The summed E-state index contributed by atoms with van der Waals surface area (Å²) in [6, 6.07) is 13.4. The topological polar surface area (TPSA) is 155 Å². The van der Waals surface area contributed by atoms with Crippen LogP contribution >= 0.6 is 0 Å². The summed E-state index contributed by atoms with van der Waals surface area (Å²) in [6.07, 6.45) is 0.772. The Balaban J connectivity index is 2.02. The molecule has 2 aromatic rings. The maximum absolute atomic E-state index is 13.9. The van der Waals surface area contributed by atoms with Gasteiger partial charge in [0, 0.05) is 6.42 Å². The minimum Gasteiger partial charge on any atom is -0.374 e. The molecular formula is C36H51N5O6. The molecule has 11 nitrogen and oxygen atoms in total. The Labute approximate surface area is 278 Å². The summed E-state index contributed by atoms with van der Waals surface area (Å²) in [5.74, 6) is -3.07. The van der Waals surface area contributed by atoms with Crippen molar-refractivity contribution in [1.82, 2.24) is 26.6 Å². The van der Waals surface area contributed by atoms with Crippen LogP contribution in [-0.2, 0) is 41.7 Å². The first-order valence-electron chi connectivity index (χ1n) is 16.5. The first-order chi connectivity index (χ1) is 22.3. The normalized spacial score (nSPS) is 23.3. The van der Waals surface area contributed by atoms with E-state index >= 15 is 0 Å². The number of nitrogens with one attached hydrogen (secondary N) is 5. The van der Waals surface area contributed by atoms with Crippen molar-refractivity contribution in [2.24, 2.45) is 17.8 Å². The van der Waals surface area contributed by atoms with E-state index in [-0.39, 0.29) is 37.4 Å². The highest BCUT2D eigenvalue weighted by Gasteiger charge is 2.36. The zero-order valence-corrected chi connectivity index (χ0v) is 28.4. The van der Waals surface area contributed by atoms with Crippen LogP contribution in [0.25, 0.3) is 0 Å². The van der Waals surface area contributed by atoms with E-state index in [2.05, 4.69) is 26.6 Å². The lowest BCUT2D eigenvalue weighted by Gasteiger charge is -2.28. The number of rotatable bonds is 11. The van der Waals surface area contributed by atoms with Gasteiger partial charge in [0.1, 0.15) is 30.2 Å². The van der Waals surface area contributed by atoms with Gasteiger partial charge in [-0.1, -0.05) is 102 Å². The summed E-state index contributed by atoms with van der Waals surface area (Å²) in [5.41, 5.74) is 1.68. The predicted octanol–water partition coefficient (Wildman–Crippen LogP) is 2.63. The Bertz CT molecular complexity index is 1330. The van der Waals surface area contributed by atoms with Gasteiger partial charge in [0.25, 0.3) is 0 Å². The molecule has 0 saturated carbocycles. The van der Waals surface area contributed by atoms with Crippen molar-refractivity contribution in [2.75, 3.05) is 6.61 Å². The Morgan fingerprint density at radius 3 is 1.47 bits per heavy atom. The Kier molecular flexibility index (Phi) is 14.4. The Morgan fingerprint density at radius 2 is 0.957 bits per heavy atom. The van der Waals surface area contributed by atoms with E-state index in [9.17, 15) is 24.0 Å². The van der Waals surface area contributed by atoms with Gasteiger partial charge < -0.3 is 31.3 Å². The molecule has 47 heavy (non-hydrogen) atoms. The van der Waals surface area contributed by atoms with Crippen LogP contribution in [0.3, 0.4) is 0 Å². The van der Waals surface area contributed by atoms with Crippen molar-refractivity contribution in [3.63, 3.8) is 0 Å². The monoisotopic (exact) mass is 649 g/mol. The summed E-state index contributed by atoms with van der Waals surface area (Å²) < 4.78 is 5.88. The van der Waals surface area contributed by atoms with Crippen LogP contribution in [0, 0.1) is 17.8 Å². The van der Waals surface area contributed by atoms with Gasteiger partial charge in [0.05, 0.1) is 13.2 Å². The van der Waals surface area contributed by atoms with Crippen molar-refractivity contribution in [2.45, 2.75) is 97.6 Å². The predicted molar refractivity (Wildman–Crippen MR) is 180 cm³/mol. The number of hydrogen-bond acceptors (Lipinski definition) is 6. The molecule has 1 aliphatic heterocycles. The molecule has 0 aliphatic carbocycles. The average molecular weight is 650 g/mol. The molecule has 256 valence electrons. The van der Waals surface area contributed by atoms with Crippen molar-refractivity contribution in [1.29, 1.82) is 0 Å². The van der Waals surface area contributed by atoms with Crippen LogP contribution in [0.1, 0.15) is 65.5 Å². The fourth-order valence-electron chi connectivity index (χ4n) is 5.38. The number of hydrogen-bond donors (Lipinski definition) is 5. The van der Waals surface area contributed by atoms with Crippen molar-refractivity contribution >= 4 is 29.5 Å². The second kappa shape index (κ2) is 18.2. The fourth-order valence-corrected chi connectivity index (χ4v) is 5.38. The maximum Gasteiger partial charge on any atom is 0.245 e. The van der Waals surface area contributed by atoms with E-state index in [0.717, 1.165) is 11.1 Å². The molecule has 5 atom stereocenters. The lowest BCUT2D eigenvalue weighted by Crippen LogP contribution is -2.60. The Morgan fingerprint density at radius 1 is 0.532 bits per heavy atom. The molecule has 0 radical (unpaired) electrons. The molecule has 1 aliphatic rings. The lowest BCUT2D eigenvalue weighted by atomic mass is 9.98. The summed E-state index contributed by atoms with van der Waals surface area (Å²) in [7, 11) is 0. The summed E-state index contributed by atoms with van der Waals surface area (Å²) in [6.45, 7) is 11.3. The zero-order chi connectivity index (χ0) is 34.5. The van der Waals surface area contributed by atoms with Gasteiger partial charge in [0.15, 0.2) is 0 Å². The number of ether oxygens (including phenoxy) is 1. The van der Waals surface area contributed by atoms with E-state index in [4.69, 9.17) is 4.74 Å². The highest BCUT2D eigenvalue weighted by atomic mass is 16.5. The fraction of sp³-hybridized carbons (Fsp3) is 0.528. The molecule has 5 amide bonds. The maximum atomic E-state index is 13.9. The molecule has 2 aromatic carbocycles.